The van der Waals surface area contributed by atoms with Gasteiger partial charge in [0.25, 0.3) is 0 Å². The van der Waals surface area contributed by atoms with E-state index in [9.17, 15) is 0 Å². The van der Waals surface area contributed by atoms with Gasteiger partial charge in [-0.1, -0.05) is 71.1 Å². The monoisotopic (exact) mass is 297 g/mol. The van der Waals surface area contributed by atoms with Crippen molar-refractivity contribution < 1.29 is 4.74 Å². The first-order chi connectivity index (χ1) is 10.3. The van der Waals surface area contributed by atoms with Crippen molar-refractivity contribution in [3.63, 3.8) is 0 Å². The van der Waals surface area contributed by atoms with Crippen LogP contribution in [-0.4, -0.2) is 25.3 Å². The average Bonchev–Trinajstić information content (AvgIpc) is 2.95. The van der Waals surface area contributed by atoms with E-state index in [1.165, 1.54) is 83.5 Å². The molecule has 0 saturated heterocycles. The van der Waals surface area contributed by atoms with Crippen LogP contribution < -0.4 is 5.32 Å². The van der Waals surface area contributed by atoms with Gasteiger partial charge in [-0.15, -0.1) is 0 Å². The van der Waals surface area contributed by atoms with Gasteiger partial charge < -0.3 is 10.1 Å². The molecule has 1 aliphatic rings. The molecule has 126 valence electrons. The highest BCUT2D eigenvalue weighted by atomic mass is 16.5. The Bertz CT molecular complexity index is 236. The number of hydrogen-bond acceptors (Lipinski definition) is 2. The van der Waals surface area contributed by atoms with E-state index in [1.807, 2.05) is 0 Å². The van der Waals surface area contributed by atoms with Crippen LogP contribution >= 0.6 is 0 Å². The molecule has 0 radical (unpaired) electrons. The lowest BCUT2D eigenvalue weighted by Crippen LogP contribution is -2.49. The second-order valence-electron chi connectivity index (χ2n) is 6.81. The van der Waals surface area contributed by atoms with Crippen molar-refractivity contribution in [2.75, 3.05) is 13.7 Å². The fraction of sp³-hybridized carbons (Fsp3) is 1.00. The Labute approximate surface area is 133 Å². The van der Waals surface area contributed by atoms with Crippen LogP contribution in [0.1, 0.15) is 97.3 Å². The lowest BCUT2D eigenvalue weighted by Gasteiger charge is -2.37. The summed E-state index contributed by atoms with van der Waals surface area (Å²) in [6, 6.07) is 0.556. The van der Waals surface area contributed by atoms with Crippen molar-refractivity contribution in [3.05, 3.63) is 0 Å². The summed E-state index contributed by atoms with van der Waals surface area (Å²) in [4.78, 5) is 0. The molecular weight excluding hydrogens is 258 g/mol. The zero-order valence-electron chi connectivity index (χ0n) is 14.9. The molecule has 0 bridgehead atoms. The number of unbranched alkanes of at least 4 members (excludes halogenated alkanes) is 7. The Morgan fingerprint density at radius 3 is 2.00 bits per heavy atom. The van der Waals surface area contributed by atoms with Crippen LogP contribution in [0.25, 0.3) is 0 Å². The second-order valence-corrected chi connectivity index (χ2v) is 6.81. The van der Waals surface area contributed by atoms with E-state index >= 15 is 0 Å². The molecule has 0 aliphatic heterocycles. The zero-order valence-corrected chi connectivity index (χ0v) is 14.9. The predicted molar refractivity (Wildman–Crippen MR) is 92.9 cm³/mol. The predicted octanol–water partition coefficient (Wildman–Crippen LogP) is 5.45. The highest BCUT2D eigenvalue weighted by molar-refractivity contribution is 4.96. The normalized spacial score (nSPS) is 19.0. The van der Waals surface area contributed by atoms with Gasteiger partial charge in [-0.05, 0) is 33.2 Å². The van der Waals surface area contributed by atoms with Crippen LogP contribution in [0.4, 0.5) is 0 Å². The molecule has 2 heteroatoms. The van der Waals surface area contributed by atoms with E-state index in [2.05, 4.69) is 26.2 Å². The number of ether oxygens (including phenoxy) is 1. The minimum absolute atomic E-state index is 0.143. The van der Waals surface area contributed by atoms with Crippen LogP contribution in [0, 0.1) is 0 Å². The summed E-state index contributed by atoms with van der Waals surface area (Å²) in [6.07, 6.45) is 17.7. The van der Waals surface area contributed by atoms with Crippen LogP contribution in [0.15, 0.2) is 0 Å². The third kappa shape index (κ3) is 6.69. The van der Waals surface area contributed by atoms with Gasteiger partial charge in [0.1, 0.15) is 0 Å². The van der Waals surface area contributed by atoms with E-state index in [1.54, 1.807) is 0 Å². The van der Waals surface area contributed by atoms with E-state index in [-0.39, 0.29) is 5.60 Å². The molecule has 0 aromatic rings. The molecule has 0 aromatic heterocycles. The Balaban J connectivity index is 2.18. The lowest BCUT2D eigenvalue weighted by atomic mass is 9.88. The molecule has 1 atom stereocenters. The van der Waals surface area contributed by atoms with Gasteiger partial charge in [0, 0.05) is 12.6 Å². The molecule has 21 heavy (non-hydrogen) atoms. The van der Waals surface area contributed by atoms with Crippen LogP contribution in [0.2, 0.25) is 0 Å². The Kier molecular flexibility index (Phi) is 10.4. The van der Waals surface area contributed by atoms with Crippen molar-refractivity contribution >= 4 is 0 Å². The fourth-order valence-corrected chi connectivity index (χ4v) is 4.01. The third-order valence-corrected chi connectivity index (χ3v) is 5.21. The molecule has 0 aromatic carbocycles. The molecule has 1 N–H and O–H groups in total. The summed E-state index contributed by atoms with van der Waals surface area (Å²) in [5.74, 6) is 0. The summed E-state index contributed by atoms with van der Waals surface area (Å²) < 4.78 is 6.20. The van der Waals surface area contributed by atoms with Gasteiger partial charge in [-0.25, -0.2) is 0 Å². The van der Waals surface area contributed by atoms with Gasteiger partial charge in [0.15, 0.2) is 0 Å². The maximum atomic E-state index is 6.20. The van der Waals surface area contributed by atoms with Crippen LogP contribution in [-0.2, 0) is 4.74 Å². The van der Waals surface area contributed by atoms with Crippen molar-refractivity contribution in [1.29, 1.82) is 0 Å². The molecule has 1 rings (SSSR count). The minimum atomic E-state index is 0.143. The number of likely N-dealkylation sites (N-methyl/N-ethyl adjacent to an activating group) is 1. The Morgan fingerprint density at radius 2 is 1.48 bits per heavy atom. The van der Waals surface area contributed by atoms with Crippen LogP contribution in [0.3, 0.4) is 0 Å². The Morgan fingerprint density at radius 1 is 0.905 bits per heavy atom. The topological polar surface area (TPSA) is 21.3 Å². The molecule has 1 fully saturated rings. The molecular formula is C19H39NO. The lowest BCUT2D eigenvalue weighted by molar-refractivity contribution is -0.0620. The van der Waals surface area contributed by atoms with Crippen molar-refractivity contribution in [2.24, 2.45) is 0 Å². The minimum Gasteiger partial charge on any atom is -0.374 e. The average molecular weight is 298 g/mol. The number of rotatable bonds is 13. The van der Waals surface area contributed by atoms with Gasteiger partial charge >= 0.3 is 0 Å². The molecule has 2 nitrogen and oxygen atoms in total. The summed E-state index contributed by atoms with van der Waals surface area (Å²) >= 11 is 0. The molecule has 1 saturated carbocycles. The number of hydrogen-bond donors (Lipinski definition) is 1. The van der Waals surface area contributed by atoms with Gasteiger partial charge in [-0.3, -0.25) is 0 Å². The fourth-order valence-electron chi connectivity index (χ4n) is 4.01. The molecule has 0 heterocycles. The maximum absolute atomic E-state index is 6.20. The van der Waals surface area contributed by atoms with Crippen molar-refractivity contribution in [2.45, 2.75) is 109 Å². The van der Waals surface area contributed by atoms with Gasteiger partial charge in [-0.2, -0.15) is 0 Å². The largest absolute Gasteiger partial charge is 0.374 e. The Hall–Kier alpha value is -0.0800. The summed E-state index contributed by atoms with van der Waals surface area (Å²) in [5, 5.41) is 3.56. The SMILES string of the molecule is CCCCCCCCCCC(NC)C1(OCC)CCCC1. The van der Waals surface area contributed by atoms with Crippen LogP contribution in [0.5, 0.6) is 0 Å². The maximum Gasteiger partial charge on any atom is 0.0834 e. The van der Waals surface area contributed by atoms with Crippen molar-refractivity contribution in [1.82, 2.24) is 5.32 Å². The van der Waals surface area contributed by atoms with E-state index in [0.717, 1.165) is 6.61 Å². The standard InChI is InChI=1S/C19H39NO/c1-4-6-7-8-9-10-11-12-15-18(20-3)19(21-5-2)16-13-14-17-19/h18,20H,4-17H2,1-3H3. The second kappa shape index (κ2) is 11.5. The number of nitrogens with one attached hydrogen (secondary N) is 1. The van der Waals surface area contributed by atoms with E-state index in [0.29, 0.717) is 6.04 Å². The molecule has 1 aliphatic carbocycles. The van der Waals surface area contributed by atoms with E-state index < -0.39 is 0 Å². The molecule has 1 unspecified atom stereocenters. The summed E-state index contributed by atoms with van der Waals surface area (Å²) in [7, 11) is 2.12. The zero-order chi connectivity index (χ0) is 15.4. The third-order valence-electron chi connectivity index (χ3n) is 5.21. The summed E-state index contributed by atoms with van der Waals surface area (Å²) in [5.41, 5.74) is 0.143. The smallest absolute Gasteiger partial charge is 0.0834 e. The van der Waals surface area contributed by atoms with E-state index in [4.69, 9.17) is 4.74 Å². The van der Waals surface area contributed by atoms with Crippen molar-refractivity contribution in [3.8, 4) is 0 Å². The first kappa shape index (κ1) is 19.0. The highest BCUT2D eigenvalue weighted by Gasteiger charge is 2.40. The first-order valence-corrected chi connectivity index (χ1v) is 9.60. The summed E-state index contributed by atoms with van der Waals surface area (Å²) in [6.45, 7) is 5.29. The highest BCUT2D eigenvalue weighted by Crippen LogP contribution is 2.37. The van der Waals surface area contributed by atoms with Gasteiger partial charge in [0.05, 0.1) is 5.60 Å². The van der Waals surface area contributed by atoms with Gasteiger partial charge in [0.2, 0.25) is 0 Å². The molecule has 0 spiro atoms. The quantitative estimate of drug-likeness (QED) is 0.456. The first-order valence-electron chi connectivity index (χ1n) is 9.60. The molecule has 0 amide bonds.